The molecule has 2 rings (SSSR count). The molecule has 1 saturated heterocycles. The Morgan fingerprint density at radius 2 is 2.32 bits per heavy atom. The highest BCUT2D eigenvalue weighted by molar-refractivity contribution is 5.77. The molecule has 6 heteroatoms. The van der Waals surface area contributed by atoms with E-state index in [1.807, 2.05) is 27.7 Å². The van der Waals surface area contributed by atoms with Gasteiger partial charge in [-0.3, -0.25) is 9.48 Å². The third kappa shape index (κ3) is 2.58. The molecule has 3 N–H and O–H groups in total. The van der Waals surface area contributed by atoms with Crippen LogP contribution in [0.2, 0.25) is 0 Å². The van der Waals surface area contributed by atoms with Gasteiger partial charge in [0.1, 0.15) is 6.54 Å². The van der Waals surface area contributed by atoms with Gasteiger partial charge in [-0.2, -0.15) is 5.10 Å². The number of anilines is 1. The number of hydrogen-bond acceptors (Lipinski definition) is 4. The largest absolute Gasteiger partial charge is 0.396 e. The predicted octanol–water partition coefficient (Wildman–Crippen LogP) is 0.766. The zero-order chi connectivity index (χ0) is 14.2. The first-order valence-electron chi connectivity index (χ1n) is 6.55. The predicted molar refractivity (Wildman–Crippen MR) is 72.7 cm³/mol. The van der Waals surface area contributed by atoms with Crippen LogP contribution >= 0.6 is 0 Å². The van der Waals surface area contributed by atoms with E-state index >= 15 is 0 Å². The highest BCUT2D eigenvalue weighted by Crippen LogP contribution is 2.25. The van der Waals surface area contributed by atoms with Gasteiger partial charge in [-0.15, -0.1) is 0 Å². The third-order valence-corrected chi connectivity index (χ3v) is 4.04. The summed E-state index contributed by atoms with van der Waals surface area (Å²) < 4.78 is 7.15. The lowest BCUT2D eigenvalue weighted by Crippen LogP contribution is -2.51. The van der Waals surface area contributed by atoms with Gasteiger partial charge in [-0.25, -0.2) is 0 Å². The Kier molecular flexibility index (Phi) is 3.54. The minimum Gasteiger partial charge on any atom is -0.396 e. The second-order valence-corrected chi connectivity index (χ2v) is 5.47. The molecule has 1 aromatic rings. The number of amides is 1. The number of nitrogen functional groups attached to an aromatic ring is 1. The lowest BCUT2D eigenvalue weighted by atomic mass is 9.95. The van der Waals surface area contributed by atoms with E-state index in [-0.39, 0.29) is 24.1 Å². The van der Waals surface area contributed by atoms with Gasteiger partial charge in [-0.1, -0.05) is 0 Å². The molecule has 1 aliphatic rings. The van der Waals surface area contributed by atoms with Crippen LogP contribution in [0.15, 0.2) is 0 Å². The molecule has 1 aromatic heterocycles. The van der Waals surface area contributed by atoms with Crippen LogP contribution in [0.1, 0.15) is 31.7 Å². The molecular weight excluding hydrogens is 244 g/mol. The van der Waals surface area contributed by atoms with Gasteiger partial charge in [0, 0.05) is 6.61 Å². The molecular formula is C13H22N4O2. The van der Waals surface area contributed by atoms with Gasteiger partial charge in [-0.05, 0) is 34.1 Å². The average molecular weight is 266 g/mol. The summed E-state index contributed by atoms with van der Waals surface area (Å²) in [5.74, 6) is -0.0644. The third-order valence-electron chi connectivity index (χ3n) is 4.04. The Morgan fingerprint density at radius 1 is 1.63 bits per heavy atom. The van der Waals surface area contributed by atoms with Gasteiger partial charge >= 0.3 is 0 Å². The molecule has 0 spiro atoms. The number of aromatic nitrogens is 2. The van der Waals surface area contributed by atoms with Crippen LogP contribution in [0.4, 0.5) is 5.69 Å². The summed E-state index contributed by atoms with van der Waals surface area (Å²) in [5, 5.41) is 7.31. The van der Waals surface area contributed by atoms with Crippen LogP contribution in [-0.4, -0.2) is 33.9 Å². The van der Waals surface area contributed by atoms with Gasteiger partial charge in [0.2, 0.25) is 5.91 Å². The summed E-state index contributed by atoms with van der Waals surface area (Å²) in [6.07, 6.45) is 0.862. The molecule has 1 fully saturated rings. The van der Waals surface area contributed by atoms with E-state index in [2.05, 4.69) is 10.4 Å². The van der Waals surface area contributed by atoms with Crippen molar-refractivity contribution >= 4 is 11.6 Å². The van der Waals surface area contributed by atoms with E-state index < -0.39 is 0 Å². The van der Waals surface area contributed by atoms with Crippen molar-refractivity contribution < 1.29 is 9.53 Å². The van der Waals surface area contributed by atoms with Crippen molar-refractivity contribution in [3.8, 4) is 0 Å². The monoisotopic (exact) mass is 266 g/mol. The lowest BCUT2D eigenvalue weighted by molar-refractivity contribution is -0.124. The van der Waals surface area contributed by atoms with E-state index in [1.165, 1.54) is 0 Å². The standard InChI is InChI=1S/C13H22N4O2/c1-8-12(14)9(2)17(16-8)7-11(18)15-13(4)5-6-19-10(13)3/h10H,5-7,14H2,1-4H3,(H,15,18). The van der Waals surface area contributed by atoms with Crippen LogP contribution in [-0.2, 0) is 16.1 Å². The number of carbonyl (C=O) groups excluding carboxylic acids is 1. The van der Waals surface area contributed by atoms with Gasteiger partial charge < -0.3 is 15.8 Å². The SMILES string of the molecule is Cc1nn(CC(=O)NC2(C)CCOC2C)c(C)c1N. The smallest absolute Gasteiger partial charge is 0.242 e. The summed E-state index contributed by atoms with van der Waals surface area (Å²) in [5.41, 5.74) is 7.80. The van der Waals surface area contributed by atoms with E-state index in [0.29, 0.717) is 12.3 Å². The van der Waals surface area contributed by atoms with Crippen molar-refractivity contribution in [3.63, 3.8) is 0 Å². The van der Waals surface area contributed by atoms with Crippen molar-refractivity contribution in [1.29, 1.82) is 0 Å². The number of ether oxygens (including phenoxy) is 1. The van der Waals surface area contributed by atoms with Gasteiger partial charge in [0.05, 0.1) is 28.7 Å². The number of nitrogens with zero attached hydrogens (tertiary/aromatic N) is 2. The van der Waals surface area contributed by atoms with Crippen molar-refractivity contribution in [1.82, 2.24) is 15.1 Å². The summed E-state index contributed by atoms with van der Waals surface area (Å²) in [4.78, 5) is 12.1. The fourth-order valence-electron chi connectivity index (χ4n) is 2.36. The number of nitrogens with two attached hydrogens (primary N) is 1. The van der Waals surface area contributed by atoms with E-state index in [4.69, 9.17) is 10.5 Å². The lowest BCUT2D eigenvalue weighted by Gasteiger charge is -2.28. The van der Waals surface area contributed by atoms with Crippen molar-refractivity contribution in [3.05, 3.63) is 11.4 Å². The molecule has 2 atom stereocenters. The molecule has 1 amide bonds. The molecule has 0 aromatic carbocycles. The number of nitrogens with one attached hydrogen (secondary N) is 1. The Balaban J connectivity index is 2.03. The normalized spacial score (nSPS) is 26.6. The fourth-order valence-corrected chi connectivity index (χ4v) is 2.36. The van der Waals surface area contributed by atoms with Crippen molar-refractivity contribution in [2.45, 2.75) is 52.3 Å². The molecule has 0 saturated carbocycles. The summed E-state index contributed by atoms with van der Waals surface area (Å²) >= 11 is 0. The Bertz CT molecular complexity index is 497. The zero-order valence-corrected chi connectivity index (χ0v) is 12.0. The second-order valence-electron chi connectivity index (χ2n) is 5.47. The number of aryl methyl sites for hydroxylation is 1. The quantitative estimate of drug-likeness (QED) is 0.846. The number of hydrogen-bond donors (Lipinski definition) is 2. The highest BCUT2D eigenvalue weighted by atomic mass is 16.5. The van der Waals surface area contributed by atoms with Gasteiger partial charge in [0.25, 0.3) is 0 Å². The maximum atomic E-state index is 12.1. The maximum absolute atomic E-state index is 12.1. The Hall–Kier alpha value is -1.56. The first kappa shape index (κ1) is 13.9. The van der Waals surface area contributed by atoms with E-state index in [1.54, 1.807) is 4.68 Å². The second kappa shape index (κ2) is 4.85. The van der Waals surface area contributed by atoms with E-state index in [9.17, 15) is 4.79 Å². The Labute approximate surface area is 113 Å². The van der Waals surface area contributed by atoms with Crippen LogP contribution in [0.25, 0.3) is 0 Å². The zero-order valence-electron chi connectivity index (χ0n) is 12.0. The molecule has 19 heavy (non-hydrogen) atoms. The minimum absolute atomic E-state index is 0.0296. The summed E-state index contributed by atoms with van der Waals surface area (Å²) in [7, 11) is 0. The topological polar surface area (TPSA) is 82.2 Å². The summed E-state index contributed by atoms with van der Waals surface area (Å²) in [6.45, 7) is 8.57. The maximum Gasteiger partial charge on any atom is 0.242 e. The molecule has 1 aliphatic heterocycles. The fraction of sp³-hybridized carbons (Fsp3) is 0.692. The first-order valence-corrected chi connectivity index (χ1v) is 6.55. The van der Waals surface area contributed by atoms with Crippen LogP contribution in [0, 0.1) is 13.8 Å². The molecule has 2 unspecified atom stereocenters. The van der Waals surface area contributed by atoms with Crippen LogP contribution < -0.4 is 11.1 Å². The van der Waals surface area contributed by atoms with Gasteiger partial charge in [0.15, 0.2) is 0 Å². The molecule has 2 heterocycles. The number of rotatable bonds is 3. The van der Waals surface area contributed by atoms with E-state index in [0.717, 1.165) is 17.8 Å². The average Bonchev–Trinajstić information content (AvgIpc) is 2.76. The van der Waals surface area contributed by atoms with Crippen molar-refractivity contribution in [2.75, 3.05) is 12.3 Å². The minimum atomic E-state index is -0.293. The summed E-state index contributed by atoms with van der Waals surface area (Å²) in [6, 6.07) is 0. The van der Waals surface area contributed by atoms with Crippen molar-refractivity contribution in [2.24, 2.45) is 0 Å². The number of carbonyl (C=O) groups is 1. The molecule has 0 bridgehead atoms. The molecule has 106 valence electrons. The van der Waals surface area contributed by atoms with Crippen LogP contribution in [0.5, 0.6) is 0 Å². The molecule has 0 radical (unpaired) electrons. The van der Waals surface area contributed by atoms with Crippen LogP contribution in [0.3, 0.4) is 0 Å². The highest BCUT2D eigenvalue weighted by Gasteiger charge is 2.38. The first-order chi connectivity index (χ1) is 8.83. The molecule has 6 nitrogen and oxygen atoms in total. The molecule has 0 aliphatic carbocycles. The Morgan fingerprint density at radius 3 is 2.79 bits per heavy atom.